The van der Waals surface area contributed by atoms with Crippen LogP contribution in [-0.4, -0.2) is 40.9 Å². The van der Waals surface area contributed by atoms with Crippen molar-refractivity contribution in [2.75, 3.05) is 13.2 Å². The minimum Gasteiger partial charge on any atom is -0.444 e. The third kappa shape index (κ3) is 2.22. The highest BCUT2D eigenvalue weighted by atomic mass is 16.6. The molecule has 0 aromatic heterocycles. The van der Waals surface area contributed by atoms with Gasteiger partial charge in [0.25, 0.3) is 0 Å². The van der Waals surface area contributed by atoms with Crippen molar-refractivity contribution >= 4 is 6.09 Å². The SMILES string of the molecule is CCC1N(C(=O)OC(C)(C)C)CCC12CC2CO. The molecule has 0 aromatic rings. The van der Waals surface area contributed by atoms with Gasteiger partial charge in [-0.15, -0.1) is 0 Å². The van der Waals surface area contributed by atoms with Crippen LogP contribution in [0.15, 0.2) is 0 Å². The van der Waals surface area contributed by atoms with E-state index in [4.69, 9.17) is 4.74 Å². The smallest absolute Gasteiger partial charge is 0.410 e. The summed E-state index contributed by atoms with van der Waals surface area (Å²) in [5.74, 6) is 0.384. The van der Waals surface area contributed by atoms with E-state index in [1.807, 2.05) is 25.7 Å². The first-order valence-electron chi connectivity index (χ1n) is 6.94. The fraction of sp³-hybridized carbons (Fsp3) is 0.929. The minimum absolute atomic E-state index is 0.181. The van der Waals surface area contributed by atoms with E-state index in [0.29, 0.717) is 5.92 Å². The van der Waals surface area contributed by atoms with Gasteiger partial charge >= 0.3 is 6.09 Å². The molecule has 0 bridgehead atoms. The molecule has 4 nitrogen and oxygen atoms in total. The summed E-state index contributed by atoms with van der Waals surface area (Å²) in [6, 6.07) is 0.240. The van der Waals surface area contributed by atoms with Crippen molar-refractivity contribution < 1.29 is 14.6 Å². The summed E-state index contributed by atoms with van der Waals surface area (Å²) in [6.07, 6.45) is 2.81. The minimum atomic E-state index is -0.439. The summed E-state index contributed by atoms with van der Waals surface area (Å²) in [6.45, 7) is 8.81. The number of hydrogen-bond donors (Lipinski definition) is 1. The normalized spacial score (nSPS) is 35.1. The van der Waals surface area contributed by atoms with Crippen LogP contribution in [0.4, 0.5) is 4.79 Å². The maximum atomic E-state index is 12.2. The van der Waals surface area contributed by atoms with Crippen LogP contribution >= 0.6 is 0 Å². The molecule has 1 saturated heterocycles. The number of likely N-dealkylation sites (tertiary alicyclic amines) is 1. The summed E-state index contributed by atoms with van der Waals surface area (Å²) >= 11 is 0. The fourth-order valence-corrected chi connectivity index (χ4v) is 3.49. The van der Waals surface area contributed by atoms with E-state index < -0.39 is 5.60 Å². The third-order valence-corrected chi connectivity index (χ3v) is 4.37. The molecule has 3 atom stereocenters. The zero-order valence-electron chi connectivity index (χ0n) is 11.9. The average molecular weight is 255 g/mol. The summed E-state index contributed by atoms with van der Waals surface area (Å²) in [4.78, 5) is 14.1. The molecule has 1 N–H and O–H groups in total. The largest absolute Gasteiger partial charge is 0.444 e. The molecule has 104 valence electrons. The molecule has 0 radical (unpaired) electrons. The van der Waals surface area contributed by atoms with Crippen LogP contribution in [0.2, 0.25) is 0 Å². The monoisotopic (exact) mass is 255 g/mol. The van der Waals surface area contributed by atoms with Gasteiger partial charge in [-0.25, -0.2) is 4.79 Å². The molecule has 1 heterocycles. The number of rotatable bonds is 2. The van der Waals surface area contributed by atoms with Crippen LogP contribution in [-0.2, 0) is 4.74 Å². The Balaban J connectivity index is 2.05. The van der Waals surface area contributed by atoms with Crippen molar-refractivity contribution in [1.29, 1.82) is 0 Å². The van der Waals surface area contributed by atoms with Crippen molar-refractivity contribution in [1.82, 2.24) is 4.90 Å². The predicted molar refractivity (Wildman–Crippen MR) is 69.3 cm³/mol. The van der Waals surface area contributed by atoms with Crippen LogP contribution in [0.3, 0.4) is 0 Å². The highest BCUT2D eigenvalue weighted by Crippen LogP contribution is 2.62. The highest BCUT2D eigenvalue weighted by molar-refractivity contribution is 5.69. The first kappa shape index (κ1) is 13.7. The van der Waals surface area contributed by atoms with Gasteiger partial charge in [-0.3, -0.25) is 0 Å². The molecule has 2 aliphatic rings. The Morgan fingerprint density at radius 1 is 1.50 bits per heavy atom. The zero-order valence-corrected chi connectivity index (χ0v) is 11.9. The van der Waals surface area contributed by atoms with E-state index in [2.05, 4.69) is 6.92 Å². The fourth-order valence-electron chi connectivity index (χ4n) is 3.49. The Morgan fingerprint density at radius 2 is 2.17 bits per heavy atom. The van der Waals surface area contributed by atoms with Gasteiger partial charge in [0.1, 0.15) is 5.60 Å². The second-order valence-electron chi connectivity index (χ2n) is 6.66. The average Bonchev–Trinajstić information content (AvgIpc) is 2.81. The predicted octanol–water partition coefficient (Wildman–Crippen LogP) is 2.40. The molecular weight excluding hydrogens is 230 g/mol. The number of hydrogen-bond acceptors (Lipinski definition) is 3. The Morgan fingerprint density at radius 3 is 2.61 bits per heavy atom. The van der Waals surface area contributed by atoms with E-state index in [1.54, 1.807) is 0 Å². The lowest BCUT2D eigenvalue weighted by atomic mass is 9.92. The van der Waals surface area contributed by atoms with Crippen molar-refractivity contribution in [3.8, 4) is 0 Å². The highest BCUT2D eigenvalue weighted by Gasteiger charge is 2.63. The van der Waals surface area contributed by atoms with Gasteiger partial charge in [0, 0.05) is 19.2 Å². The number of carbonyl (C=O) groups excluding carboxylic acids is 1. The Hall–Kier alpha value is -0.770. The lowest BCUT2D eigenvalue weighted by Gasteiger charge is -2.30. The number of aliphatic hydroxyl groups is 1. The van der Waals surface area contributed by atoms with E-state index in [0.717, 1.165) is 25.8 Å². The number of nitrogens with zero attached hydrogens (tertiary/aromatic N) is 1. The molecule has 1 aliphatic carbocycles. The molecule has 4 heteroatoms. The van der Waals surface area contributed by atoms with Crippen LogP contribution in [0.1, 0.15) is 47.0 Å². The number of amides is 1. The van der Waals surface area contributed by atoms with Crippen LogP contribution < -0.4 is 0 Å². The molecule has 1 amide bonds. The maximum Gasteiger partial charge on any atom is 0.410 e. The molecule has 18 heavy (non-hydrogen) atoms. The summed E-state index contributed by atoms with van der Waals surface area (Å²) in [7, 11) is 0. The van der Waals surface area contributed by atoms with Gasteiger partial charge in [-0.1, -0.05) is 6.92 Å². The summed E-state index contributed by atoms with van der Waals surface area (Å²) in [5, 5.41) is 9.32. The number of carbonyl (C=O) groups is 1. The van der Waals surface area contributed by atoms with Crippen molar-refractivity contribution in [2.45, 2.75) is 58.6 Å². The second kappa shape index (κ2) is 4.41. The molecule has 1 aliphatic heterocycles. The first-order chi connectivity index (χ1) is 8.34. The van der Waals surface area contributed by atoms with Crippen LogP contribution in [0.5, 0.6) is 0 Å². The topological polar surface area (TPSA) is 49.8 Å². The molecule has 1 spiro atoms. The first-order valence-corrected chi connectivity index (χ1v) is 6.94. The van der Waals surface area contributed by atoms with Crippen LogP contribution in [0, 0.1) is 11.3 Å². The van der Waals surface area contributed by atoms with Gasteiger partial charge in [0.05, 0.1) is 0 Å². The molecule has 0 aromatic carbocycles. The van der Waals surface area contributed by atoms with Crippen molar-refractivity contribution in [2.24, 2.45) is 11.3 Å². The lowest BCUT2D eigenvalue weighted by molar-refractivity contribution is 0.0189. The van der Waals surface area contributed by atoms with E-state index in [1.165, 1.54) is 0 Å². The van der Waals surface area contributed by atoms with Gasteiger partial charge < -0.3 is 14.7 Å². The lowest BCUT2D eigenvalue weighted by Crippen LogP contribution is -2.42. The second-order valence-corrected chi connectivity index (χ2v) is 6.66. The van der Waals surface area contributed by atoms with Crippen LogP contribution in [0.25, 0.3) is 0 Å². The Labute approximate surface area is 109 Å². The zero-order chi connectivity index (χ0) is 13.6. The number of aliphatic hydroxyl groups excluding tert-OH is 1. The van der Waals surface area contributed by atoms with E-state index >= 15 is 0 Å². The van der Waals surface area contributed by atoms with Gasteiger partial charge in [-0.2, -0.15) is 0 Å². The Kier molecular flexibility index (Phi) is 3.34. The standard InChI is InChI=1S/C14H25NO3/c1-5-11-14(8-10(14)9-16)6-7-15(11)12(17)18-13(2,3)4/h10-11,16H,5-9H2,1-4H3. The van der Waals surface area contributed by atoms with E-state index in [-0.39, 0.29) is 24.2 Å². The van der Waals surface area contributed by atoms with Gasteiger partial charge in [0.15, 0.2) is 0 Å². The Bertz CT molecular complexity index is 336. The maximum absolute atomic E-state index is 12.2. The third-order valence-electron chi connectivity index (χ3n) is 4.37. The van der Waals surface area contributed by atoms with E-state index in [9.17, 15) is 9.90 Å². The molecule has 2 fully saturated rings. The van der Waals surface area contributed by atoms with Gasteiger partial charge in [-0.05, 0) is 51.4 Å². The van der Waals surface area contributed by atoms with Gasteiger partial charge in [0.2, 0.25) is 0 Å². The number of ether oxygens (including phenoxy) is 1. The molecule has 2 rings (SSSR count). The van der Waals surface area contributed by atoms with Crippen molar-refractivity contribution in [3.63, 3.8) is 0 Å². The quantitative estimate of drug-likeness (QED) is 0.824. The summed E-state index contributed by atoms with van der Waals surface area (Å²) in [5.41, 5.74) is -0.258. The van der Waals surface area contributed by atoms with Crippen molar-refractivity contribution in [3.05, 3.63) is 0 Å². The summed E-state index contributed by atoms with van der Waals surface area (Å²) < 4.78 is 5.47. The molecule has 3 unspecified atom stereocenters. The molecular formula is C14H25NO3. The molecule has 1 saturated carbocycles.